The average molecular weight is 314 g/mol. The number of nitrogens with two attached hydrogens (primary N) is 2. The van der Waals surface area contributed by atoms with E-state index < -0.39 is 0 Å². The van der Waals surface area contributed by atoms with Crippen molar-refractivity contribution >= 4 is 17.4 Å². The maximum Gasteiger partial charge on any atom is 0.115 e. The van der Waals surface area contributed by atoms with Crippen LogP contribution >= 0.6 is 11.8 Å². The highest BCUT2D eigenvalue weighted by atomic mass is 32.2. The number of anilines is 1. The second-order valence-electron chi connectivity index (χ2n) is 6.52. The molecule has 0 spiro atoms. The summed E-state index contributed by atoms with van der Waals surface area (Å²) in [5, 5.41) is 10.1. The smallest absolute Gasteiger partial charge is 0.115 e. The Hall–Kier alpha value is -1.65. The molecule has 2 aromatic rings. The van der Waals surface area contributed by atoms with Crippen molar-refractivity contribution in [2.45, 2.75) is 41.9 Å². The lowest BCUT2D eigenvalue weighted by Crippen LogP contribution is -2.52. The molecule has 22 heavy (non-hydrogen) atoms. The van der Waals surface area contributed by atoms with Crippen molar-refractivity contribution in [2.75, 3.05) is 5.73 Å². The van der Waals surface area contributed by atoms with Gasteiger partial charge in [0.25, 0.3) is 0 Å². The van der Waals surface area contributed by atoms with Crippen molar-refractivity contribution < 1.29 is 5.11 Å². The first-order chi connectivity index (χ1) is 10.4. The van der Waals surface area contributed by atoms with Crippen molar-refractivity contribution in [2.24, 2.45) is 5.73 Å². The molecule has 2 aromatic carbocycles. The topological polar surface area (TPSA) is 72.3 Å². The Kier molecular flexibility index (Phi) is 3.83. The minimum absolute atomic E-state index is 0.0179. The lowest BCUT2D eigenvalue weighted by Gasteiger charge is -2.43. The molecular formula is C18H22N2OS. The van der Waals surface area contributed by atoms with Gasteiger partial charge in [0.1, 0.15) is 5.75 Å². The van der Waals surface area contributed by atoms with Gasteiger partial charge in [-0.3, -0.25) is 0 Å². The van der Waals surface area contributed by atoms with Gasteiger partial charge >= 0.3 is 0 Å². The normalized spacial score (nSPS) is 23.0. The Morgan fingerprint density at radius 2 is 1.82 bits per heavy atom. The summed E-state index contributed by atoms with van der Waals surface area (Å²) in [6.07, 6.45) is 0.912. The second-order valence-corrected chi connectivity index (χ2v) is 7.83. The van der Waals surface area contributed by atoms with Gasteiger partial charge in [-0.25, -0.2) is 0 Å². The molecule has 0 fully saturated rings. The molecule has 3 nitrogen and oxygen atoms in total. The molecule has 1 aliphatic carbocycles. The van der Waals surface area contributed by atoms with Crippen molar-refractivity contribution in [1.82, 2.24) is 0 Å². The minimum Gasteiger partial charge on any atom is -0.508 e. The van der Waals surface area contributed by atoms with E-state index in [0.717, 1.165) is 17.7 Å². The summed E-state index contributed by atoms with van der Waals surface area (Å²) >= 11 is 1.81. The van der Waals surface area contributed by atoms with Gasteiger partial charge in [-0.1, -0.05) is 19.9 Å². The van der Waals surface area contributed by atoms with Crippen LogP contribution in [0, 0.1) is 0 Å². The first-order valence-electron chi connectivity index (χ1n) is 7.48. The third-order valence-electron chi connectivity index (χ3n) is 4.61. The Labute approximate surface area is 135 Å². The van der Waals surface area contributed by atoms with Crippen molar-refractivity contribution in [1.29, 1.82) is 0 Å². The number of thioether (sulfide) groups is 1. The fourth-order valence-electron chi connectivity index (χ4n) is 3.17. The van der Waals surface area contributed by atoms with E-state index in [-0.39, 0.29) is 11.5 Å². The number of phenolic OH excluding ortho intramolecular Hbond substituents is 1. The minimum atomic E-state index is -0.169. The molecule has 1 aliphatic rings. The van der Waals surface area contributed by atoms with Crippen LogP contribution in [0.5, 0.6) is 5.75 Å². The number of hydrogen-bond acceptors (Lipinski definition) is 4. The number of hydrogen-bond donors (Lipinski definition) is 3. The van der Waals surface area contributed by atoms with Gasteiger partial charge in [0.2, 0.25) is 0 Å². The lowest BCUT2D eigenvalue weighted by molar-refractivity contribution is 0.369. The highest BCUT2D eigenvalue weighted by Gasteiger charge is 2.40. The van der Waals surface area contributed by atoms with Crippen molar-refractivity contribution in [3.63, 3.8) is 0 Å². The number of aromatic hydroxyl groups is 1. The van der Waals surface area contributed by atoms with E-state index in [4.69, 9.17) is 11.5 Å². The molecule has 0 radical (unpaired) electrons. The number of benzene rings is 2. The first-order valence-corrected chi connectivity index (χ1v) is 8.36. The molecule has 2 atom stereocenters. The molecule has 0 aliphatic heterocycles. The monoisotopic (exact) mass is 314 g/mol. The van der Waals surface area contributed by atoms with Crippen LogP contribution in [0.3, 0.4) is 0 Å². The summed E-state index contributed by atoms with van der Waals surface area (Å²) in [6, 6.07) is 13.6. The highest BCUT2D eigenvalue weighted by Crippen LogP contribution is 2.43. The van der Waals surface area contributed by atoms with Gasteiger partial charge in [0, 0.05) is 27.3 Å². The molecule has 0 heterocycles. The maximum atomic E-state index is 9.78. The molecule has 116 valence electrons. The SMILES string of the molecule is CC1(C)c2cc(O)ccc2CC(Sc2ccc(N)cc2)C1N. The predicted molar refractivity (Wildman–Crippen MR) is 93.3 cm³/mol. The third kappa shape index (κ3) is 2.69. The maximum absolute atomic E-state index is 9.78. The Balaban J connectivity index is 1.91. The van der Waals surface area contributed by atoms with E-state index in [2.05, 4.69) is 13.8 Å². The molecule has 0 saturated heterocycles. The van der Waals surface area contributed by atoms with E-state index in [1.54, 1.807) is 6.07 Å². The van der Waals surface area contributed by atoms with Crippen LogP contribution in [0.25, 0.3) is 0 Å². The predicted octanol–water partition coefficient (Wildman–Crippen LogP) is 3.30. The van der Waals surface area contributed by atoms with Crippen LogP contribution < -0.4 is 11.5 Å². The van der Waals surface area contributed by atoms with Crippen molar-refractivity contribution in [3.8, 4) is 5.75 Å². The quantitative estimate of drug-likeness (QED) is 0.744. The molecule has 0 saturated carbocycles. The van der Waals surface area contributed by atoms with Crippen LogP contribution in [0.2, 0.25) is 0 Å². The molecule has 4 heteroatoms. The fourth-order valence-corrected chi connectivity index (χ4v) is 4.56. The van der Waals surface area contributed by atoms with Gasteiger partial charge in [0.15, 0.2) is 0 Å². The van der Waals surface area contributed by atoms with E-state index >= 15 is 0 Å². The largest absolute Gasteiger partial charge is 0.508 e. The van der Waals surface area contributed by atoms with Crippen LogP contribution in [0.15, 0.2) is 47.4 Å². The van der Waals surface area contributed by atoms with Crippen LogP contribution in [-0.2, 0) is 11.8 Å². The van der Waals surface area contributed by atoms with Gasteiger partial charge in [-0.15, -0.1) is 11.8 Å². The summed E-state index contributed by atoms with van der Waals surface area (Å²) in [7, 11) is 0. The Morgan fingerprint density at radius 3 is 2.50 bits per heavy atom. The van der Waals surface area contributed by atoms with Gasteiger partial charge < -0.3 is 16.6 Å². The molecule has 0 amide bonds. The summed E-state index contributed by atoms with van der Waals surface area (Å²) in [5.41, 5.74) is 15.4. The lowest BCUT2D eigenvalue weighted by atomic mass is 9.69. The fraction of sp³-hybridized carbons (Fsp3) is 0.333. The second kappa shape index (κ2) is 5.52. The molecular weight excluding hydrogens is 292 g/mol. The van der Waals surface area contributed by atoms with E-state index in [0.29, 0.717) is 11.0 Å². The van der Waals surface area contributed by atoms with Crippen LogP contribution in [-0.4, -0.2) is 16.4 Å². The van der Waals surface area contributed by atoms with Crippen LogP contribution in [0.1, 0.15) is 25.0 Å². The van der Waals surface area contributed by atoms with Gasteiger partial charge in [-0.2, -0.15) is 0 Å². The summed E-state index contributed by atoms with van der Waals surface area (Å²) in [5.74, 6) is 0.309. The van der Waals surface area contributed by atoms with E-state index in [1.807, 2.05) is 48.2 Å². The first kappa shape index (κ1) is 15.3. The van der Waals surface area contributed by atoms with Gasteiger partial charge in [0.05, 0.1) is 0 Å². The number of nitrogen functional groups attached to an aromatic ring is 1. The zero-order valence-electron chi connectivity index (χ0n) is 12.9. The number of rotatable bonds is 2. The molecule has 0 bridgehead atoms. The zero-order valence-corrected chi connectivity index (χ0v) is 13.7. The summed E-state index contributed by atoms with van der Waals surface area (Å²) in [6.45, 7) is 4.32. The third-order valence-corrected chi connectivity index (χ3v) is 5.92. The molecule has 2 unspecified atom stereocenters. The molecule has 3 rings (SSSR count). The summed E-state index contributed by atoms with van der Waals surface area (Å²) in [4.78, 5) is 1.19. The average Bonchev–Trinajstić information content (AvgIpc) is 2.48. The Morgan fingerprint density at radius 1 is 1.14 bits per heavy atom. The van der Waals surface area contributed by atoms with E-state index in [1.165, 1.54) is 10.5 Å². The highest BCUT2D eigenvalue weighted by molar-refractivity contribution is 8.00. The number of fused-ring (bicyclic) bond motifs is 1. The molecule has 5 N–H and O–H groups in total. The van der Waals surface area contributed by atoms with Crippen LogP contribution in [0.4, 0.5) is 5.69 Å². The van der Waals surface area contributed by atoms with Gasteiger partial charge in [-0.05, 0) is 53.9 Å². The van der Waals surface area contributed by atoms with E-state index in [9.17, 15) is 5.11 Å². The number of phenols is 1. The Bertz CT molecular complexity index is 682. The molecule has 0 aromatic heterocycles. The summed E-state index contributed by atoms with van der Waals surface area (Å²) < 4.78 is 0. The standard InChI is InChI=1S/C18H22N2OS/c1-18(2)15-10-13(21)6-3-11(15)9-16(17(18)20)22-14-7-4-12(19)5-8-14/h3-8,10,16-17,21H,9,19-20H2,1-2H3. The zero-order chi connectivity index (χ0) is 15.9. The van der Waals surface area contributed by atoms with Crippen molar-refractivity contribution in [3.05, 3.63) is 53.6 Å².